The molecule has 0 aromatic rings. The van der Waals surface area contributed by atoms with Gasteiger partial charge in [0.15, 0.2) is 0 Å². The van der Waals surface area contributed by atoms with E-state index in [2.05, 4.69) is 33.8 Å². The van der Waals surface area contributed by atoms with Crippen LogP contribution in [-0.4, -0.2) is 0 Å². The van der Waals surface area contributed by atoms with E-state index in [1.807, 2.05) is 0 Å². The Morgan fingerprint density at radius 2 is 2.14 bits per heavy atom. The lowest BCUT2D eigenvalue weighted by Crippen LogP contribution is -2.49. The molecule has 3 aliphatic carbocycles. The molecule has 0 saturated heterocycles. The molecule has 3 rings (SSSR count). The lowest BCUT2D eigenvalue weighted by atomic mass is 9.47. The zero-order valence-electron chi connectivity index (χ0n) is 10.1. The SMILES string of the molecule is CC(C)C/C=C1\CCC2CC1C2(C)C. The quantitative estimate of drug-likeness (QED) is 0.568. The molecular weight excluding hydrogens is 168 g/mol. The smallest absolute Gasteiger partial charge is 0.0146 e. The summed E-state index contributed by atoms with van der Waals surface area (Å²) < 4.78 is 0. The molecule has 0 radical (unpaired) electrons. The van der Waals surface area contributed by atoms with E-state index in [-0.39, 0.29) is 0 Å². The van der Waals surface area contributed by atoms with E-state index in [4.69, 9.17) is 0 Å². The molecule has 0 amide bonds. The third kappa shape index (κ3) is 1.53. The first-order valence-electron chi connectivity index (χ1n) is 6.20. The summed E-state index contributed by atoms with van der Waals surface area (Å²) >= 11 is 0. The Hall–Kier alpha value is -0.260. The Bertz CT molecular complexity index is 243. The highest BCUT2D eigenvalue weighted by Crippen LogP contribution is 2.61. The van der Waals surface area contributed by atoms with E-state index in [0.717, 1.165) is 17.8 Å². The summed E-state index contributed by atoms with van der Waals surface area (Å²) in [6.07, 6.45) is 8.16. The van der Waals surface area contributed by atoms with Crippen molar-refractivity contribution in [3.8, 4) is 0 Å². The fraction of sp³-hybridized carbons (Fsp3) is 0.857. The van der Waals surface area contributed by atoms with Gasteiger partial charge < -0.3 is 0 Å². The number of rotatable bonds is 2. The van der Waals surface area contributed by atoms with Crippen LogP contribution in [0, 0.1) is 23.2 Å². The Balaban J connectivity index is 2.04. The zero-order chi connectivity index (χ0) is 10.3. The van der Waals surface area contributed by atoms with Crippen LogP contribution < -0.4 is 0 Å². The van der Waals surface area contributed by atoms with Crippen molar-refractivity contribution in [1.29, 1.82) is 0 Å². The third-order valence-corrected chi connectivity index (χ3v) is 4.55. The molecule has 0 aromatic heterocycles. The molecule has 2 atom stereocenters. The predicted molar refractivity (Wildman–Crippen MR) is 62.2 cm³/mol. The fourth-order valence-electron chi connectivity index (χ4n) is 3.28. The van der Waals surface area contributed by atoms with E-state index >= 15 is 0 Å². The van der Waals surface area contributed by atoms with Crippen molar-refractivity contribution in [3.63, 3.8) is 0 Å². The molecule has 0 aliphatic heterocycles. The van der Waals surface area contributed by atoms with Crippen molar-refractivity contribution in [3.05, 3.63) is 11.6 Å². The molecule has 80 valence electrons. The number of hydrogen-bond donors (Lipinski definition) is 0. The second-order valence-electron chi connectivity index (χ2n) is 6.25. The van der Waals surface area contributed by atoms with Crippen LogP contribution in [0.15, 0.2) is 11.6 Å². The number of allylic oxidation sites excluding steroid dienone is 2. The maximum Gasteiger partial charge on any atom is -0.0146 e. The summed E-state index contributed by atoms with van der Waals surface area (Å²) in [5.41, 5.74) is 2.41. The molecule has 2 unspecified atom stereocenters. The van der Waals surface area contributed by atoms with Gasteiger partial charge in [-0.3, -0.25) is 0 Å². The summed E-state index contributed by atoms with van der Waals surface area (Å²) in [6, 6.07) is 0. The monoisotopic (exact) mass is 192 g/mol. The molecule has 2 bridgehead atoms. The molecule has 0 heterocycles. The average molecular weight is 192 g/mol. The second kappa shape index (κ2) is 3.40. The first-order valence-corrected chi connectivity index (χ1v) is 6.20. The summed E-state index contributed by atoms with van der Waals surface area (Å²) in [4.78, 5) is 0. The fourth-order valence-corrected chi connectivity index (χ4v) is 3.28. The van der Waals surface area contributed by atoms with Gasteiger partial charge in [-0.25, -0.2) is 0 Å². The van der Waals surface area contributed by atoms with Crippen LogP contribution in [0.5, 0.6) is 0 Å². The van der Waals surface area contributed by atoms with Gasteiger partial charge in [-0.15, -0.1) is 0 Å². The Morgan fingerprint density at radius 3 is 2.64 bits per heavy atom. The van der Waals surface area contributed by atoms with Gasteiger partial charge in [-0.2, -0.15) is 0 Å². The topological polar surface area (TPSA) is 0 Å². The third-order valence-electron chi connectivity index (χ3n) is 4.55. The predicted octanol–water partition coefficient (Wildman–Crippen LogP) is 4.42. The largest absolute Gasteiger partial charge is 0.0848 e. The van der Waals surface area contributed by atoms with E-state index < -0.39 is 0 Å². The molecular formula is C14H24. The van der Waals surface area contributed by atoms with E-state index in [1.54, 1.807) is 5.57 Å². The average Bonchev–Trinajstić information content (AvgIpc) is 2.14. The lowest BCUT2D eigenvalue weighted by Gasteiger charge is -2.58. The molecule has 0 spiro atoms. The van der Waals surface area contributed by atoms with Crippen molar-refractivity contribution < 1.29 is 0 Å². The summed E-state index contributed by atoms with van der Waals surface area (Å²) in [6.45, 7) is 9.56. The van der Waals surface area contributed by atoms with Crippen molar-refractivity contribution in [2.75, 3.05) is 0 Å². The summed E-state index contributed by atoms with van der Waals surface area (Å²) in [7, 11) is 0. The number of hydrogen-bond acceptors (Lipinski definition) is 0. The molecule has 3 saturated carbocycles. The minimum absolute atomic E-state index is 0.626. The molecule has 3 fully saturated rings. The van der Waals surface area contributed by atoms with Gasteiger partial charge in [-0.1, -0.05) is 39.3 Å². The molecule has 0 heteroatoms. The van der Waals surface area contributed by atoms with Crippen molar-refractivity contribution >= 4 is 0 Å². The highest BCUT2D eigenvalue weighted by atomic mass is 14.6. The van der Waals surface area contributed by atoms with Crippen LogP contribution in [-0.2, 0) is 0 Å². The van der Waals surface area contributed by atoms with Gasteiger partial charge in [0.05, 0.1) is 0 Å². The normalized spacial score (nSPS) is 37.4. The first-order chi connectivity index (χ1) is 6.51. The Kier molecular flexibility index (Phi) is 2.49. The van der Waals surface area contributed by atoms with Crippen molar-refractivity contribution in [1.82, 2.24) is 0 Å². The zero-order valence-corrected chi connectivity index (χ0v) is 10.1. The maximum absolute atomic E-state index is 2.55. The van der Waals surface area contributed by atoms with Crippen molar-refractivity contribution in [2.45, 2.75) is 53.4 Å². The Labute approximate surface area is 88.8 Å². The summed E-state index contributed by atoms with van der Waals surface area (Å²) in [5.74, 6) is 2.78. The summed E-state index contributed by atoms with van der Waals surface area (Å²) in [5, 5.41) is 0. The van der Waals surface area contributed by atoms with Crippen LogP contribution in [0.2, 0.25) is 0 Å². The highest BCUT2D eigenvalue weighted by Gasteiger charge is 2.51. The van der Waals surface area contributed by atoms with Gasteiger partial charge in [0, 0.05) is 0 Å². The van der Waals surface area contributed by atoms with Gasteiger partial charge in [0.2, 0.25) is 0 Å². The van der Waals surface area contributed by atoms with Gasteiger partial charge in [0.25, 0.3) is 0 Å². The molecule has 0 N–H and O–H groups in total. The van der Waals surface area contributed by atoms with Crippen molar-refractivity contribution in [2.24, 2.45) is 23.2 Å². The van der Waals surface area contributed by atoms with Crippen LogP contribution in [0.25, 0.3) is 0 Å². The molecule has 0 nitrogen and oxygen atoms in total. The second-order valence-corrected chi connectivity index (χ2v) is 6.25. The minimum atomic E-state index is 0.626. The Morgan fingerprint density at radius 1 is 1.43 bits per heavy atom. The highest BCUT2D eigenvalue weighted by molar-refractivity contribution is 5.21. The van der Waals surface area contributed by atoms with Gasteiger partial charge >= 0.3 is 0 Å². The molecule has 0 aromatic carbocycles. The minimum Gasteiger partial charge on any atom is -0.0848 e. The van der Waals surface area contributed by atoms with Crippen LogP contribution >= 0.6 is 0 Å². The van der Waals surface area contributed by atoms with Gasteiger partial charge in [0.1, 0.15) is 0 Å². The van der Waals surface area contributed by atoms with Crippen LogP contribution in [0.4, 0.5) is 0 Å². The number of fused-ring (bicyclic) bond motifs is 2. The standard InChI is InChI=1S/C14H24/c1-10(2)5-6-11-7-8-12-9-13(11)14(12,3)4/h6,10,12-13H,5,7-9H2,1-4H3/b11-6+. The first kappa shape index (κ1) is 10.3. The van der Waals surface area contributed by atoms with E-state index in [0.29, 0.717) is 5.41 Å². The van der Waals surface area contributed by atoms with Crippen LogP contribution in [0.3, 0.4) is 0 Å². The maximum atomic E-state index is 2.55. The molecule has 14 heavy (non-hydrogen) atoms. The van der Waals surface area contributed by atoms with Gasteiger partial charge in [-0.05, 0) is 48.9 Å². The molecule has 3 aliphatic rings. The van der Waals surface area contributed by atoms with E-state index in [9.17, 15) is 0 Å². The lowest BCUT2D eigenvalue weighted by molar-refractivity contribution is -0.0280. The van der Waals surface area contributed by atoms with Crippen LogP contribution in [0.1, 0.15) is 53.4 Å². The van der Waals surface area contributed by atoms with E-state index in [1.165, 1.54) is 25.7 Å².